The fourth-order valence-corrected chi connectivity index (χ4v) is 4.40. The molecule has 1 aliphatic carbocycles. The molecule has 0 spiro atoms. The number of fused-ring (bicyclic) bond motifs is 1. The molecule has 1 atom stereocenters. The number of carbonyl (C=O) groups is 2. The molecule has 1 aliphatic heterocycles. The van der Waals surface area contributed by atoms with Crippen molar-refractivity contribution in [3.8, 4) is 0 Å². The van der Waals surface area contributed by atoms with Gasteiger partial charge in [-0.15, -0.1) is 0 Å². The summed E-state index contributed by atoms with van der Waals surface area (Å²) >= 11 is 0. The first-order chi connectivity index (χ1) is 14.0. The highest BCUT2D eigenvalue weighted by Crippen LogP contribution is 2.31. The lowest BCUT2D eigenvalue weighted by Crippen LogP contribution is -2.42. The highest BCUT2D eigenvalue weighted by Gasteiger charge is 2.31. The molecule has 5 rings (SSSR count). The monoisotopic (exact) mass is 387 g/mol. The predicted octanol–water partition coefficient (Wildman–Crippen LogP) is 2.23. The summed E-state index contributed by atoms with van der Waals surface area (Å²) in [5.74, 6) is -0.493. The maximum absolute atomic E-state index is 12.9. The van der Waals surface area contributed by atoms with E-state index in [2.05, 4.69) is 33.0 Å². The number of rotatable bonds is 3. The van der Waals surface area contributed by atoms with Crippen molar-refractivity contribution < 1.29 is 9.59 Å². The third-order valence-corrected chi connectivity index (χ3v) is 5.90. The van der Waals surface area contributed by atoms with E-state index in [1.807, 2.05) is 25.1 Å². The van der Waals surface area contributed by atoms with Gasteiger partial charge in [0.05, 0.1) is 17.8 Å². The molecular weight excluding hydrogens is 366 g/mol. The third kappa shape index (κ3) is 2.91. The van der Waals surface area contributed by atoms with Crippen molar-refractivity contribution in [2.75, 3.05) is 5.32 Å². The van der Waals surface area contributed by atoms with Crippen LogP contribution in [-0.4, -0.2) is 29.1 Å². The van der Waals surface area contributed by atoms with E-state index in [1.165, 1.54) is 11.1 Å². The van der Waals surface area contributed by atoms with Gasteiger partial charge in [0.2, 0.25) is 5.91 Å². The van der Waals surface area contributed by atoms with E-state index in [0.29, 0.717) is 11.3 Å². The molecule has 7 nitrogen and oxygen atoms in total. The zero-order valence-corrected chi connectivity index (χ0v) is 16.0. The minimum Gasteiger partial charge on any atom is -0.358 e. The Labute approximate surface area is 167 Å². The quantitative estimate of drug-likeness (QED) is 0.553. The van der Waals surface area contributed by atoms with Gasteiger partial charge in [-0.2, -0.15) is 5.10 Å². The maximum atomic E-state index is 12.9. The number of nitrogens with two attached hydrogens (primary N) is 1. The number of anilines is 1. The summed E-state index contributed by atoms with van der Waals surface area (Å²) in [5.41, 5.74) is 14.9. The Kier molecular flexibility index (Phi) is 3.99. The molecule has 2 amide bonds. The van der Waals surface area contributed by atoms with Gasteiger partial charge in [-0.25, -0.2) is 5.43 Å². The Morgan fingerprint density at radius 1 is 1.24 bits per heavy atom. The number of hydrogen-bond donors (Lipinski definition) is 4. The van der Waals surface area contributed by atoms with Crippen molar-refractivity contribution in [3.05, 3.63) is 64.3 Å². The number of H-pyrrole nitrogens is 1. The summed E-state index contributed by atoms with van der Waals surface area (Å²) in [6.45, 7) is 1.92. The zero-order valence-electron chi connectivity index (χ0n) is 16.0. The summed E-state index contributed by atoms with van der Waals surface area (Å²) in [6, 6.07) is 11.1. The van der Waals surface area contributed by atoms with E-state index < -0.39 is 6.04 Å². The Morgan fingerprint density at radius 2 is 1.97 bits per heavy atom. The van der Waals surface area contributed by atoms with Gasteiger partial charge in [0.1, 0.15) is 0 Å². The summed E-state index contributed by atoms with van der Waals surface area (Å²) in [5, 5.41) is 7.67. The molecule has 1 aromatic heterocycles. The van der Waals surface area contributed by atoms with Crippen LogP contribution in [-0.2, 0) is 17.6 Å². The smallest absolute Gasteiger partial charge is 0.272 e. The van der Waals surface area contributed by atoms with Crippen molar-refractivity contribution in [2.24, 2.45) is 16.8 Å². The van der Waals surface area contributed by atoms with Crippen LogP contribution in [0.1, 0.15) is 32.7 Å². The van der Waals surface area contributed by atoms with Gasteiger partial charge in [0.25, 0.3) is 5.91 Å². The first-order valence-corrected chi connectivity index (χ1v) is 9.64. The highest BCUT2D eigenvalue weighted by atomic mass is 16.2. The summed E-state index contributed by atoms with van der Waals surface area (Å²) in [7, 11) is 0. The summed E-state index contributed by atoms with van der Waals surface area (Å²) in [4.78, 5) is 28.5. The van der Waals surface area contributed by atoms with E-state index >= 15 is 0 Å². The van der Waals surface area contributed by atoms with Gasteiger partial charge in [-0.3, -0.25) is 9.59 Å². The van der Waals surface area contributed by atoms with Gasteiger partial charge in [-0.1, -0.05) is 24.3 Å². The van der Waals surface area contributed by atoms with Crippen LogP contribution in [0.15, 0.2) is 41.5 Å². The molecule has 0 radical (unpaired) electrons. The number of carbonyl (C=O) groups excluding carboxylic acids is 2. The molecule has 2 heterocycles. The number of aryl methyl sites for hydroxylation is 1. The van der Waals surface area contributed by atoms with Gasteiger partial charge in [0.15, 0.2) is 0 Å². The lowest BCUT2D eigenvalue weighted by Gasteiger charge is -2.18. The Bertz CT molecular complexity index is 1170. The standard InChI is InChI=1S/C22H21N5O2/c1-11-17-10-24-27-21(28)16-8-15(9-18(25-11)19(16)17)26-22(29)20(23)14-6-12-4-2-3-5-13(12)7-14/h2-5,8-10,14,20,25H,6-7,23H2,1H3,(H,26,29)(H,27,28). The first-order valence-electron chi connectivity index (χ1n) is 9.64. The zero-order chi connectivity index (χ0) is 20.1. The minimum atomic E-state index is -0.629. The largest absolute Gasteiger partial charge is 0.358 e. The number of nitrogens with one attached hydrogen (secondary N) is 3. The Hall–Kier alpha value is -3.45. The Morgan fingerprint density at radius 3 is 2.69 bits per heavy atom. The molecule has 5 N–H and O–H groups in total. The van der Waals surface area contributed by atoms with Crippen LogP contribution >= 0.6 is 0 Å². The number of hydrazone groups is 1. The van der Waals surface area contributed by atoms with E-state index in [0.717, 1.165) is 35.0 Å². The topological polar surface area (TPSA) is 112 Å². The summed E-state index contributed by atoms with van der Waals surface area (Å²) in [6.07, 6.45) is 3.23. The minimum absolute atomic E-state index is 0.0636. The van der Waals surface area contributed by atoms with Crippen LogP contribution in [0.4, 0.5) is 5.69 Å². The number of aromatic amines is 1. The number of nitrogens with zero attached hydrogens (tertiary/aromatic N) is 1. The van der Waals surface area contributed by atoms with Crippen LogP contribution in [0.3, 0.4) is 0 Å². The van der Waals surface area contributed by atoms with Crippen molar-refractivity contribution in [3.63, 3.8) is 0 Å². The lowest BCUT2D eigenvalue weighted by atomic mass is 9.96. The highest BCUT2D eigenvalue weighted by molar-refractivity contribution is 6.16. The van der Waals surface area contributed by atoms with E-state index in [-0.39, 0.29) is 17.7 Å². The predicted molar refractivity (Wildman–Crippen MR) is 112 cm³/mol. The van der Waals surface area contributed by atoms with Crippen LogP contribution in [0.25, 0.3) is 10.9 Å². The molecule has 0 fully saturated rings. The van der Waals surface area contributed by atoms with Crippen LogP contribution in [0, 0.1) is 12.8 Å². The fourth-order valence-electron chi connectivity index (χ4n) is 4.40. The van der Waals surface area contributed by atoms with Crippen molar-refractivity contribution in [1.29, 1.82) is 0 Å². The van der Waals surface area contributed by atoms with Crippen LogP contribution in [0.5, 0.6) is 0 Å². The second kappa shape index (κ2) is 6.56. The second-order valence-corrected chi connectivity index (χ2v) is 7.76. The molecule has 0 saturated carbocycles. The number of benzene rings is 2. The third-order valence-electron chi connectivity index (χ3n) is 5.90. The molecule has 29 heavy (non-hydrogen) atoms. The van der Waals surface area contributed by atoms with Gasteiger partial charge >= 0.3 is 0 Å². The van der Waals surface area contributed by atoms with Crippen molar-refractivity contribution in [1.82, 2.24) is 10.4 Å². The van der Waals surface area contributed by atoms with Crippen LogP contribution < -0.4 is 16.5 Å². The molecule has 0 saturated heterocycles. The number of hydrogen-bond acceptors (Lipinski definition) is 4. The molecule has 3 aromatic rings. The lowest BCUT2D eigenvalue weighted by molar-refractivity contribution is -0.118. The number of amides is 2. The average molecular weight is 387 g/mol. The molecule has 2 aromatic carbocycles. The second-order valence-electron chi connectivity index (χ2n) is 7.76. The molecule has 0 bridgehead atoms. The number of aromatic nitrogens is 1. The first kappa shape index (κ1) is 17.6. The van der Waals surface area contributed by atoms with Gasteiger partial charge < -0.3 is 16.0 Å². The SMILES string of the molecule is Cc1[nH]c2cc(NC(=O)C(N)C3Cc4ccccc4C3)cc3c2c1C=NNC3=O. The van der Waals surface area contributed by atoms with Crippen molar-refractivity contribution >= 4 is 34.6 Å². The van der Waals surface area contributed by atoms with Crippen molar-refractivity contribution in [2.45, 2.75) is 25.8 Å². The Balaban J connectivity index is 1.42. The fraction of sp³-hybridized carbons (Fsp3) is 0.227. The summed E-state index contributed by atoms with van der Waals surface area (Å²) < 4.78 is 0. The molecular formula is C22H21N5O2. The van der Waals surface area contributed by atoms with Gasteiger partial charge in [-0.05, 0) is 48.9 Å². The molecule has 7 heteroatoms. The van der Waals surface area contributed by atoms with Gasteiger partial charge in [0, 0.05) is 27.8 Å². The average Bonchev–Trinajstić information content (AvgIpc) is 3.22. The molecule has 2 aliphatic rings. The molecule has 146 valence electrons. The normalized spacial score (nSPS) is 16.4. The maximum Gasteiger partial charge on any atom is 0.272 e. The molecule has 1 unspecified atom stereocenters. The van der Waals surface area contributed by atoms with Crippen LogP contribution in [0.2, 0.25) is 0 Å². The van der Waals surface area contributed by atoms with E-state index in [1.54, 1.807) is 12.3 Å². The van der Waals surface area contributed by atoms with E-state index in [9.17, 15) is 9.59 Å². The van der Waals surface area contributed by atoms with E-state index in [4.69, 9.17) is 5.73 Å².